The van der Waals surface area contributed by atoms with Gasteiger partial charge in [-0.1, -0.05) is 29.3 Å². The fourth-order valence-corrected chi connectivity index (χ4v) is 2.11. The second-order valence-electron chi connectivity index (χ2n) is 3.92. The lowest BCUT2D eigenvalue weighted by atomic mass is 10.2. The number of nitro groups is 1. The number of benzene rings is 2. The maximum Gasteiger partial charge on any atom is 0.311 e. The molecule has 0 aliphatic rings. The number of nitro benzene ring substituents is 1. The van der Waals surface area contributed by atoms with Gasteiger partial charge in [-0.2, -0.15) is 0 Å². The van der Waals surface area contributed by atoms with Crippen LogP contribution in [-0.2, 0) is 6.61 Å². The molecule has 0 saturated heterocycles. The van der Waals surface area contributed by atoms with Crippen LogP contribution in [0.3, 0.4) is 0 Å². The second-order valence-corrected chi connectivity index (χ2v) is 4.80. The summed E-state index contributed by atoms with van der Waals surface area (Å²) in [4.78, 5) is 10.4. The lowest BCUT2D eigenvalue weighted by molar-refractivity contribution is -0.385. The average molecular weight is 314 g/mol. The molecular formula is C13H9Cl2NO4. The summed E-state index contributed by atoms with van der Waals surface area (Å²) in [6.07, 6.45) is 0. The zero-order valence-electron chi connectivity index (χ0n) is 10.0. The van der Waals surface area contributed by atoms with Gasteiger partial charge in [0.05, 0.1) is 11.5 Å². The van der Waals surface area contributed by atoms with Gasteiger partial charge in [-0.3, -0.25) is 10.1 Å². The molecule has 0 unspecified atom stereocenters. The minimum absolute atomic E-state index is 0.0468. The molecule has 0 aliphatic carbocycles. The first-order valence-corrected chi connectivity index (χ1v) is 6.27. The highest BCUT2D eigenvalue weighted by molar-refractivity contribution is 6.34. The van der Waals surface area contributed by atoms with Crippen molar-refractivity contribution in [3.05, 3.63) is 62.1 Å². The molecule has 20 heavy (non-hydrogen) atoms. The molecule has 2 rings (SSSR count). The van der Waals surface area contributed by atoms with E-state index in [-0.39, 0.29) is 18.0 Å². The van der Waals surface area contributed by atoms with E-state index >= 15 is 0 Å². The van der Waals surface area contributed by atoms with Crippen LogP contribution in [0.2, 0.25) is 10.0 Å². The third-order valence-electron chi connectivity index (χ3n) is 2.47. The van der Waals surface area contributed by atoms with Crippen molar-refractivity contribution in [3.63, 3.8) is 0 Å². The number of ether oxygens (including phenoxy) is 1. The molecule has 0 saturated carbocycles. The molecule has 0 amide bonds. The van der Waals surface area contributed by atoms with Crippen molar-refractivity contribution in [2.45, 2.75) is 6.61 Å². The van der Waals surface area contributed by atoms with Gasteiger partial charge in [-0.25, -0.2) is 0 Å². The first-order chi connectivity index (χ1) is 9.49. The van der Waals surface area contributed by atoms with Gasteiger partial charge in [-0.05, 0) is 29.8 Å². The summed E-state index contributed by atoms with van der Waals surface area (Å²) < 4.78 is 5.44. The van der Waals surface area contributed by atoms with Crippen LogP contribution in [0.25, 0.3) is 0 Å². The average Bonchev–Trinajstić information content (AvgIpc) is 2.37. The highest BCUT2D eigenvalue weighted by Crippen LogP contribution is 2.34. The predicted molar refractivity (Wildman–Crippen MR) is 75.6 cm³/mol. The fraction of sp³-hybridized carbons (Fsp3) is 0.0769. The van der Waals surface area contributed by atoms with Crippen molar-refractivity contribution in [1.29, 1.82) is 0 Å². The highest BCUT2D eigenvalue weighted by Gasteiger charge is 2.17. The SMILES string of the molecule is O=[N+]([O-])c1cc(CO)ccc1Oc1cc(Cl)cc(Cl)c1. The van der Waals surface area contributed by atoms with Gasteiger partial charge in [0.1, 0.15) is 5.75 Å². The van der Waals surface area contributed by atoms with E-state index in [1.54, 1.807) is 0 Å². The predicted octanol–water partition coefficient (Wildman–Crippen LogP) is 4.19. The normalized spacial score (nSPS) is 10.3. The van der Waals surface area contributed by atoms with Crippen molar-refractivity contribution in [2.24, 2.45) is 0 Å². The highest BCUT2D eigenvalue weighted by atomic mass is 35.5. The van der Waals surface area contributed by atoms with Crippen LogP contribution >= 0.6 is 23.2 Å². The third-order valence-corrected chi connectivity index (χ3v) is 2.90. The first-order valence-electron chi connectivity index (χ1n) is 5.51. The Morgan fingerprint density at radius 2 is 1.80 bits per heavy atom. The van der Waals surface area contributed by atoms with E-state index in [4.69, 9.17) is 33.0 Å². The Labute approximate surface area is 124 Å². The van der Waals surface area contributed by atoms with Crippen LogP contribution in [0.4, 0.5) is 5.69 Å². The smallest absolute Gasteiger partial charge is 0.311 e. The standard InChI is InChI=1S/C13H9Cl2NO4/c14-9-4-10(15)6-11(5-9)20-13-2-1-8(7-17)3-12(13)16(18)19/h1-6,17H,7H2. The van der Waals surface area contributed by atoms with Crippen molar-refractivity contribution >= 4 is 28.9 Å². The molecule has 0 aromatic heterocycles. The van der Waals surface area contributed by atoms with E-state index in [2.05, 4.69) is 0 Å². The van der Waals surface area contributed by atoms with Gasteiger partial charge in [0.25, 0.3) is 0 Å². The van der Waals surface area contributed by atoms with Gasteiger partial charge in [-0.15, -0.1) is 0 Å². The Bertz CT molecular complexity index is 641. The Kier molecular flexibility index (Phi) is 4.44. The minimum atomic E-state index is -0.583. The van der Waals surface area contributed by atoms with Crippen LogP contribution in [0.1, 0.15) is 5.56 Å². The molecule has 0 aliphatic heterocycles. The first kappa shape index (κ1) is 14.6. The summed E-state index contributed by atoms with van der Waals surface area (Å²) in [5.74, 6) is 0.341. The van der Waals surface area contributed by atoms with Gasteiger partial charge < -0.3 is 9.84 Å². The summed E-state index contributed by atoms with van der Waals surface area (Å²) in [5.41, 5.74) is 0.181. The van der Waals surface area contributed by atoms with E-state index < -0.39 is 4.92 Å². The molecule has 0 spiro atoms. The van der Waals surface area contributed by atoms with Crippen LogP contribution in [-0.4, -0.2) is 10.0 Å². The van der Waals surface area contributed by atoms with Crippen molar-refractivity contribution in [3.8, 4) is 11.5 Å². The monoisotopic (exact) mass is 313 g/mol. The Balaban J connectivity index is 2.39. The van der Waals surface area contributed by atoms with Crippen LogP contribution in [0.5, 0.6) is 11.5 Å². The van der Waals surface area contributed by atoms with Crippen LogP contribution in [0.15, 0.2) is 36.4 Å². The summed E-state index contributed by atoms with van der Waals surface area (Å²) in [5, 5.41) is 20.7. The Morgan fingerprint density at radius 1 is 1.15 bits per heavy atom. The number of aliphatic hydroxyl groups is 1. The number of rotatable bonds is 4. The zero-order valence-corrected chi connectivity index (χ0v) is 11.6. The van der Waals surface area contributed by atoms with Crippen LogP contribution in [0, 0.1) is 10.1 Å². The van der Waals surface area contributed by atoms with Gasteiger partial charge >= 0.3 is 5.69 Å². The largest absolute Gasteiger partial charge is 0.450 e. The van der Waals surface area contributed by atoms with Crippen molar-refractivity contribution in [1.82, 2.24) is 0 Å². The molecule has 0 radical (unpaired) electrons. The number of halogens is 2. The Hall–Kier alpha value is -1.82. The van der Waals surface area contributed by atoms with Crippen LogP contribution < -0.4 is 4.74 Å². The molecule has 7 heteroatoms. The van der Waals surface area contributed by atoms with Gasteiger partial charge in [0.15, 0.2) is 0 Å². The molecule has 0 atom stereocenters. The fourth-order valence-electron chi connectivity index (χ4n) is 1.60. The molecular weight excluding hydrogens is 305 g/mol. The summed E-state index contributed by atoms with van der Waals surface area (Å²) in [6, 6.07) is 8.72. The lowest BCUT2D eigenvalue weighted by Crippen LogP contribution is -1.95. The molecule has 1 N–H and O–H groups in total. The van der Waals surface area contributed by atoms with Crippen molar-refractivity contribution in [2.75, 3.05) is 0 Å². The van der Waals surface area contributed by atoms with E-state index in [1.165, 1.54) is 36.4 Å². The van der Waals surface area contributed by atoms with E-state index in [0.29, 0.717) is 21.4 Å². The second kappa shape index (κ2) is 6.09. The number of hydrogen-bond donors (Lipinski definition) is 1. The molecule has 2 aromatic carbocycles. The number of nitrogens with zero attached hydrogens (tertiary/aromatic N) is 1. The zero-order chi connectivity index (χ0) is 14.7. The maximum atomic E-state index is 11.0. The third kappa shape index (κ3) is 3.39. The maximum absolute atomic E-state index is 11.0. The summed E-state index contributed by atoms with van der Waals surface area (Å²) in [7, 11) is 0. The van der Waals surface area contributed by atoms with Crippen molar-refractivity contribution < 1.29 is 14.8 Å². The van der Waals surface area contributed by atoms with E-state index in [1.807, 2.05) is 0 Å². The molecule has 104 valence electrons. The lowest BCUT2D eigenvalue weighted by Gasteiger charge is -2.08. The molecule has 5 nitrogen and oxygen atoms in total. The van der Waals surface area contributed by atoms with Gasteiger partial charge in [0.2, 0.25) is 5.75 Å². The molecule has 0 bridgehead atoms. The molecule has 0 heterocycles. The number of aliphatic hydroxyl groups excluding tert-OH is 1. The molecule has 0 fully saturated rings. The topological polar surface area (TPSA) is 72.6 Å². The summed E-state index contributed by atoms with van der Waals surface area (Å²) in [6.45, 7) is -0.288. The Morgan fingerprint density at radius 3 is 2.35 bits per heavy atom. The quantitative estimate of drug-likeness (QED) is 0.678. The van der Waals surface area contributed by atoms with Gasteiger partial charge in [0, 0.05) is 16.1 Å². The number of hydrogen-bond acceptors (Lipinski definition) is 4. The van der Waals surface area contributed by atoms with E-state index in [9.17, 15) is 10.1 Å². The molecule has 2 aromatic rings. The summed E-state index contributed by atoms with van der Waals surface area (Å²) >= 11 is 11.7. The minimum Gasteiger partial charge on any atom is -0.450 e. The van der Waals surface area contributed by atoms with E-state index in [0.717, 1.165) is 0 Å².